The van der Waals surface area contributed by atoms with Crippen LogP contribution in [0.25, 0.3) is 11.3 Å². The second-order valence-corrected chi connectivity index (χ2v) is 11.2. The first-order valence-electron chi connectivity index (χ1n) is 13.4. The number of aromatic nitrogens is 3. The van der Waals surface area contributed by atoms with Crippen molar-refractivity contribution < 1.29 is 14.6 Å². The molecule has 0 unspecified atom stereocenters. The van der Waals surface area contributed by atoms with Crippen molar-refractivity contribution in [1.82, 2.24) is 30.1 Å². The van der Waals surface area contributed by atoms with Crippen LogP contribution in [0.1, 0.15) is 18.4 Å². The molecule has 3 aromatic rings. The van der Waals surface area contributed by atoms with E-state index in [0.717, 1.165) is 63.2 Å². The van der Waals surface area contributed by atoms with Gasteiger partial charge in [0.1, 0.15) is 0 Å². The highest BCUT2D eigenvalue weighted by Crippen LogP contribution is 2.31. The summed E-state index contributed by atoms with van der Waals surface area (Å²) in [6, 6.07) is 9.32. The summed E-state index contributed by atoms with van der Waals surface area (Å²) in [7, 11) is 1.63. The van der Waals surface area contributed by atoms with Gasteiger partial charge in [0.05, 0.1) is 18.1 Å². The highest BCUT2D eigenvalue weighted by molar-refractivity contribution is 6.35. The van der Waals surface area contributed by atoms with E-state index in [0.29, 0.717) is 52.3 Å². The average Bonchev–Trinajstić information content (AvgIpc) is 2.94. The molecule has 2 fully saturated rings. The lowest BCUT2D eigenvalue weighted by Crippen LogP contribution is -2.44. The molecule has 0 bridgehead atoms. The molecule has 2 aliphatic rings. The van der Waals surface area contributed by atoms with Gasteiger partial charge in [0.15, 0.2) is 5.75 Å². The minimum Gasteiger partial charge on any atom is -0.465 e. The third kappa shape index (κ3) is 7.51. The molecule has 2 N–H and O–H groups in total. The zero-order valence-electron chi connectivity index (χ0n) is 22.4. The van der Waals surface area contributed by atoms with Crippen LogP contribution >= 0.6 is 23.2 Å². The van der Waals surface area contributed by atoms with Gasteiger partial charge in [-0.25, -0.2) is 19.7 Å². The van der Waals surface area contributed by atoms with Gasteiger partial charge in [0.2, 0.25) is 11.8 Å². The molecular formula is C28H33Cl2N7O3. The molecule has 2 aliphatic heterocycles. The number of carboxylic acid groups (broad SMARTS) is 1. The first-order chi connectivity index (χ1) is 19.3. The number of benzene rings is 1. The Balaban J connectivity index is 1.33. The molecule has 0 radical (unpaired) electrons. The van der Waals surface area contributed by atoms with Crippen molar-refractivity contribution in [3.05, 3.63) is 58.3 Å². The fourth-order valence-electron chi connectivity index (χ4n) is 5.11. The van der Waals surface area contributed by atoms with Crippen LogP contribution in [0.3, 0.4) is 0 Å². The Bertz CT molecular complexity index is 1290. The number of carbonyl (C=O) groups is 1. The number of likely N-dealkylation sites (tertiary alicyclic amines) is 1. The quantitative estimate of drug-likeness (QED) is 0.383. The molecule has 40 heavy (non-hydrogen) atoms. The summed E-state index contributed by atoms with van der Waals surface area (Å²) < 4.78 is 6.14. The van der Waals surface area contributed by atoms with E-state index in [1.807, 2.05) is 24.3 Å². The first-order valence-corrected chi connectivity index (χ1v) is 14.2. The van der Waals surface area contributed by atoms with E-state index >= 15 is 0 Å². The van der Waals surface area contributed by atoms with Gasteiger partial charge < -0.3 is 25.0 Å². The standard InChI is InChI=1S/C28H33Cl2N7O3/c1-35(28(38)39)17-19-2-6-36(7-3-19)18-20-10-25(21-12-22(29)14-23(30)13-21)34-26(11-20)40-24-15-32-27(33-16-24)37-8-4-31-5-9-37/h10-16,19,31H,2-9,17-18H2,1H3,(H,38,39). The summed E-state index contributed by atoms with van der Waals surface area (Å²) >= 11 is 12.6. The van der Waals surface area contributed by atoms with Gasteiger partial charge in [0, 0.05) is 68.0 Å². The number of piperazine rings is 1. The minimum absolute atomic E-state index is 0.363. The van der Waals surface area contributed by atoms with Crippen LogP contribution in [-0.2, 0) is 6.54 Å². The van der Waals surface area contributed by atoms with Crippen LogP contribution < -0.4 is 15.0 Å². The van der Waals surface area contributed by atoms with E-state index in [9.17, 15) is 9.90 Å². The molecule has 0 aliphatic carbocycles. The highest BCUT2D eigenvalue weighted by Gasteiger charge is 2.22. The molecule has 10 nitrogen and oxygen atoms in total. The van der Waals surface area contributed by atoms with Crippen molar-refractivity contribution in [2.24, 2.45) is 5.92 Å². The third-order valence-electron chi connectivity index (χ3n) is 7.23. The fraction of sp³-hybridized carbons (Fsp3) is 0.429. The van der Waals surface area contributed by atoms with Crippen LogP contribution in [0.2, 0.25) is 10.0 Å². The van der Waals surface area contributed by atoms with E-state index in [1.54, 1.807) is 25.5 Å². The molecule has 12 heteroatoms. The summed E-state index contributed by atoms with van der Waals surface area (Å²) in [6.45, 7) is 6.58. The lowest BCUT2D eigenvalue weighted by atomic mass is 9.96. The van der Waals surface area contributed by atoms with Gasteiger partial charge in [-0.15, -0.1) is 0 Å². The van der Waals surface area contributed by atoms with Gasteiger partial charge in [-0.1, -0.05) is 23.2 Å². The molecule has 1 amide bonds. The zero-order chi connectivity index (χ0) is 28.1. The molecule has 2 saturated heterocycles. The smallest absolute Gasteiger partial charge is 0.407 e. The maximum atomic E-state index is 11.2. The average molecular weight is 587 g/mol. The monoisotopic (exact) mass is 585 g/mol. The van der Waals surface area contributed by atoms with Gasteiger partial charge in [-0.2, -0.15) is 0 Å². The SMILES string of the molecule is CN(CC1CCN(Cc2cc(Oc3cnc(N4CCNCC4)nc3)nc(-c3cc(Cl)cc(Cl)c3)c2)CC1)C(=O)O. The molecule has 0 spiro atoms. The van der Waals surface area contributed by atoms with Crippen molar-refractivity contribution >= 4 is 35.2 Å². The Morgan fingerprint density at radius 3 is 2.38 bits per heavy atom. The Kier molecular flexibility index (Phi) is 9.21. The van der Waals surface area contributed by atoms with E-state index in [2.05, 4.69) is 25.1 Å². The number of rotatable bonds is 8. The van der Waals surface area contributed by atoms with E-state index in [1.165, 1.54) is 4.90 Å². The van der Waals surface area contributed by atoms with Crippen LogP contribution in [0, 0.1) is 5.92 Å². The molecule has 0 atom stereocenters. The van der Waals surface area contributed by atoms with Crippen LogP contribution in [0.15, 0.2) is 42.7 Å². The van der Waals surface area contributed by atoms with Gasteiger partial charge in [0.25, 0.3) is 0 Å². The predicted octanol–water partition coefficient (Wildman–Crippen LogP) is 4.87. The van der Waals surface area contributed by atoms with E-state index in [-0.39, 0.29) is 0 Å². The maximum Gasteiger partial charge on any atom is 0.407 e. The Morgan fingerprint density at radius 1 is 1.05 bits per heavy atom. The molecule has 5 rings (SSSR count). The number of pyridine rings is 1. The lowest BCUT2D eigenvalue weighted by Gasteiger charge is -2.33. The van der Waals surface area contributed by atoms with Gasteiger partial charge >= 0.3 is 6.09 Å². The largest absolute Gasteiger partial charge is 0.465 e. The van der Waals surface area contributed by atoms with Crippen LogP contribution in [-0.4, -0.2) is 88.8 Å². The number of hydrogen-bond donors (Lipinski definition) is 2. The minimum atomic E-state index is -0.885. The number of nitrogens with zero attached hydrogens (tertiary/aromatic N) is 6. The summed E-state index contributed by atoms with van der Waals surface area (Å²) in [6.07, 6.45) is 4.35. The highest BCUT2D eigenvalue weighted by atomic mass is 35.5. The summed E-state index contributed by atoms with van der Waals surface area (Å²) in [5.74, 6) is 1.98. The number of hydrogen-bond acceptors (Lipinski definition) is 8. The molecular weight excluding hydrogens is 553 g/mol. The molecule has 2 aromatic heterocycles. The molecule has 212 valence electrons. The number of piperidine rings is 1. The third-order valence-corrected chi connectivity index (χ3v) is 7.67. The zero-order valence-corrected chi connectivity index (χ0v) is 23.9. The number of amides is 1. The van der Waals surface area contributed by atoms with Crippen molar-refractivity contribution in [3.63, 3.8) is 0 Å². The number of ether oxygens (including phenoxy) is 1. The second-order valence-electron chi connectivity index (χ2n) is 10.3. The topological polar surface area (TPSA) is 107 Å². The van der Waals surface area contributed by atoms with Crippen molar-refractivity contribution in [1.29, 1.82) is 0 Å². The lowest BCUT2D eigenvalue weighted by molar-refractivity contribution is 0.126. The van der Waals surface area contributed by atoms with Crippen molar-refractivity contribution in [3.8, 4) is 22.9 Å². The maximum absolute atomic E-state index is 11.2. The Labute approximate surface area is 243 Å². The first kappa shape index (κ1) is 28.4. The molecule has 1 aromatic carbocycles. The van der Waals surface area contributed by atoms with Crippen LogP contribution in [0.5, 0.6) is 11.6 Å². The van der Waals surface area contributed by atoms with Gasteiger partial charge in [-0.05, 0) is 61.7 Å². The second kappa shape index (κ2) is 13.0. The fourth-order valence-corrected chi connectivity index (χ4v) is 5.64. The van der Waals surface area contributed by atoms with Crippen LogP contribution in [0.4, 0.5) is 10.7 Å². The van der Waals surface area contributed by atoms with Gasteiger partial charge in [-0.3, -0.25) is 4.90 Å². The number of halogens is 2. The summed E-state index contributed by atoms with van der Waals surface area (Å²) in [5.41, 5.74) is 2.54. The van der Waals surface area contributed by atoms with E-state index < -0.39 is 6.09 Å². The van der Waals surface area contributed by atoms with Crippen molar-refractivity contribution in [2.45, 2.75) is 19.4 Å². The normalized spacial score (nSPS) is 16.6. The predicted molar refractivity (Wildman–Crippen MR) is 156 cm³/mol. The molecule has 4 heterocycles. The number of nitrogens with one attached hydrogen (secondary N) is 1. The summed E-state index contributed by atoms with van der Waals surface area (Å²) in [5, 5.41) is 13.6. The van der Waals surface area contributed by atoms with E-state index in [4.69, 9.17) is 32.9 Å². The number of anilines is 1. The Morgan fingerprint density at radius 2 is 1.73 bits per heavy atom. The Hall–Kier alpha value is -3.18. The van der Waals surface area contributed by atoms with Crippen molar-refractivity contribution in [2.75, 3.05) is 57.8 Å². The molecule has 0 saturated carbocycles. The summed E-state index contributed by atoms with van der Waals surface area (Å²) in [4.78, 5) is 30.8.